The Hall–Kier alpha value is -3.22. The molecule has 0 aliphatic heterocycles. The molecule has 7 heteroatoms. The lowest BCUT2D eigenvalue weighted by Crippen LogP contribution is -2.23. The molecule has 0 aliphatic rings. The second kappa shape index (κ2) is 7.36. The van der Waals surface area contributed by atoms with Gasteiger partial charge in [-0.25, -0.2) is 0 Å². The Morgan fingerprint density at radius 2 is 1.83 bits per heavy atom. The van der Waals surface area contributed by atoms with Crippen molar-refractivity contribution in [1.82, 2.24) is 0 Å². The Balaban J connectivity index is 2.06. The first-order chi connectivity index (χ1) is 11.4. The van der Waals surface area contributed by atoms with Crippen LogP contribution in [0.2, 0.25) is 0 Å². The molecular formula is C17H17N3O4. The minimum Gasteiger partial charge on any atom is -0.376 e. The van der Waals surface area contributed by atoms with E-state index in [9.17, 15) is 19.7 Å². The number of ketones is 1. The third-order valence-electron chi connectivity index (χ3n) is 3.45. The van der Waals surface area contributed by atoms with Crippen LogP contribution in [0.3, 0.4) is 0 Å². The van der Waals surface area contributed by atoms with Gasteiger partial charge in [-0.3, -0.25) is 19.7 Å². The van der Waals surface area contributed by atoms with Crippen molar-refractivity contribution in [3.63, 3.8) is 0 Å². The highest BCUT2D eigenvalue weighted by Crippen LogP contribution is 2.21. The average Bonchev–Trinajstić information content (AvgIpc) is 2.54. The summed E-state index contributed by atoms with van der Waals surface area (Å²) in [5, 5.41) is 16.3. The van der Waals surface area contributed by atoms with E-state index in [1.165, 1.54) is 19.1 Å². The molecule has 1 amide bonds. The van der Waals surface area contributed by atoms with Gasteiger partial charge in [0, 0.05) is 23.4 Å². The van der Waals surface area contributed by atoms with Gasteiger partial charge in [0.1, 0.15) is 0 Å². The summed E-state index contributed by atoms with van der Waals surface area (Å²) in [5.41, 5.74) is 2.12. The number of nitro groups is 1. The molecule has 0 fully saturated rings. The molecule has 0 aliphatic carbocycles. The van der Waals surface area contributed by atoms with E-state index in [1.807, 2.05) is 0 Å². The van der Waals surface area contributed by atoms with Gasteiger partial charge >= 0.3 is 0 Å². The number of benzene rings is 2. The van der Waals surface area contributed by atoms with Gasteiger partial charge in [0.05, 0.1) is 17.2 Å². The number of nitro benzene ring substituents is 1. The van der Waals surface area contributed by atoms with Gasteiger partial charge in [-0.05, 0) is 31.5 Å². The topological polar surface area (TPSA) is 101 Å². The van der Waals surface area contributed by atoms with Crippen LogP contribution in [0.4, 0.5) is 17.1 Å². The molecule has 124 valence electrons. The summed E-state index contributed by atoms with van der Waals surface area (Å²) in [6, 6.07) is 11.1. The van der Waals surface area contributed by atoms with Crippen LogP contribution >= 0.6 is 0 Å². The van der Waals surface area contributed by atoms with Gasteiger partial charge in [0.25, 0.3) is 5.69 Å². The number of aryl methyl sites for hydroxylation is 1. The number of carbonyl (C=O) groups excluding carboxylic acids is 2. The maximum Gasteiger partial charge on any atom is 0.271 e. The normalized spacial score (nSPS) is 10.1. The number of nitrogens with zero attached hydrogens (tertiary/aromatic N) is 1. The minimum absolute atomic E-state index is 0.0505. The molecule has 0 atom stereocenters. The van der Waals surface area contributed by atoms with Crippen LogP contribution in [-0.2, 0) is 4.79 Å². The summed E-state index contributed by atoms with van der Waals surface area (Å²) in [7, 11) is 0. The van der Waals surface area contributed by atoms with Crippen molar-refractivity contribution in [3.05, 3.63) is 63.7 Å². The van der Waals surface area contributed by atoms with Crippen LogP contribution in [0, 0.1) is 17.0 Å². The maximum absolute atomic E-state index is 12.1. The van der Waals surface area contributed by atoms with Gasteiger partial charge in [-0.2, -0.15) is 0 Å². The van der Waals surface area contributed by atoms with E-state index in [0.29, 0.717) is 16.9 Å². The largest absolute Gasteiger partial charge is 0.376 e. The Labute approximate surface area is 138 Å². The SMILES string of the molecule is CC(=O)c1ccccc1NC(=O)CNc1cc([N+](=O)[O-])ccc1C. The summed E-state index contributed by atoms with van der Waals surface area (Å²) in [6.45, 7) is 3.14. The number of hydrogen-bond donors (Lipinski definition) is 2. The highest BCUT2D eigenvalue weighted by molar-refractivity contribution is 6.04. The summed E-state index contributed by atoms with van der Waals surface area (Å²) in [4.78, 5) is 33.9. The molecule has 0 spiro atoms. The number of rotatable bonds is 6. The minimum atomic E-state index is -0.492. The third-order valence-corrected chi connectivity index (χ3v) is 3.45. The monoisotopic (exact) mass is 327 g/mol. The van der Waals surface area contributed by atoms with Crippen molar-refractivity contribution in [3.8, 4) is 0 Å². The van der Waals surface area contributed by atoms with E-state index in [2.05, 4.69) is 10.6 Å². The number of hydrogen-bond acceptors (Lipinski definition) is 5. The van der Waals surface area contributed by atoms with Gasteiger partial charge in [-0.15, -0.1) is 0 Å². The zero-order valence-corrected chi connectivity index (χ0v) is 13.3. The number of para-hydroxylation sites is 1. The summed E-state index contributed by atoms with van der Waals surface area (Å²) in [6.07, 6.45) is 0. The lowest BCUT2D eigenvalue weighted by atomic mass is 10.1. The Morgan fingerprint density at radius 3 is 2.50 bits per heavy atom. The Morgan fingerprint density at radius 1 is 1.12 bits per heavy atom. The molecule has 2 rings (SSSR count). The molecule has 0 saturated carbocycles. The molecule has 7 nitrogen and oxygen atoms in total. The zero-order chi connectivity index (χ0) is 17.7. The number of Topliss-reactive ketones (excluding diaryl/α,β-unsaturated/α-hetero) is 1. The second-order valence-electron chi connectivity index (χ2n) is 5.26. The van der Waals surface area contributed by atoms with Crippen LogP contribution in [0.25, 0.3) is 0 Å². The van der Waals surface area contributed by atoms with E-state index in [0.717, 1.165) is 5.56 Å². The Kier molecular flexibility index (Phi) is 5.26. The van der Waals surface area contributed by atoms with Gasteiger partial charge < -0.3 is 10.6 Å². The summed E-state index contributed by atoms with van der Waals surface area (Å²) >= 11 is 0. The fourth-order valence-corrected chi connectivity index (χ4v) is 2.18. The molecule has 0 heterocycles. The number of nitrogens with one attached hydrogen (secondary N) is 2. The molecule has 2 aromatic rings. The first-order valence-corrected chi connectivity index (χ1v) is 7.27. The lowest BCUT2D eigenvalue weighted by molar-refractivity contribution is -0.384. The van der Waals surface area contributed by atoms with E-state index < -0.39 is 4.92 Å². The van der Waals surface area contributed by atoms with Gasteiger partial charge in [-0.1, -0.05) is 18.2 Å². The van der Waals surface area contributed by atoms with Gasteiger partial charge in [0.2, 0.25) is 5.91 Å². The highest BCUT2D eigenvalue weighted by atomic mass is 16.6. The molecule has 0 bridgehead atoms. The van der Waals surface area contributed by atoms with E-state index in [1.54, 1.807) is 37.3 Å². The van der Waals surface area contributed by atoms with E-state index in [4.69, 9.17) is 0 Å². The molecule has 2 aromatic carbocycles. The molecular weight excluding hydrogens is 310 g/mol. The molecule has 0 aromatic heterocycles. The van der Waals surface area contributed by atoms with Crippen molar-refractivity contribution in [2.24, 2.45) is 0 Å². The first-order valence-electron chi connectivity index (χ1n) is 7.27. The zero-order valence-electron chi connectivity index (χ0n) is 13.3. The van der Waals surface area contributed by atoms with Crippen LogP contribution in [0.15, 0.2) is 42.5 Å². The number of carbonyl (C=O) groups is 2. The van der Waals surface area contributed by atoms with Crippen LogP contribution < -0.4 is 10.6 Å². The van der Waals surface area contributed by atoms with Crippen LogP contribution in [0.5, 0.6) is 0 Å². The Bertz CT molecular complexity index is 802. The molecule has 0 unspecified atom stereocenters. The second-order valence-corrected chi connectivity index (χ2v) is 5.26. The van der Waals surface area contributed by atoms with E-state index >= 15 is 0 Å². The van der Waals surface area contributed by atoms with Crippen LogP contribution in [-0.4, -0.2) is 23.2 Å². The number of anilines is 2. The van der Waals surface area contributed by atoms with Crippen molar-refractivity contribution < 1.29 is 14.5 Å². The quantitative estimate of drug-likeness (QED) is 0.482. The summed E-state index contributed by atoms with van der Waals surface area (Å²) < 4.78 is 0. The lowest BCUT2D eigenvalue weighted by Gasteiger charge is -2.11. The molecule has 0 saturated heterocycles. The fraction of sp³-hybridized carbons (Fsp3) is 0.176. The predicted octanol–water partition coefficient (Wildman–Crippen LogP) is 3.16. The van der Waals surface area contributed by atoms with Crippen LogP contribution in [0.1, 0.15) is 22.8 Å². The number of amides is 1. The van der Waals surface area contributed by atoms with Crippen molar-refractivity contribution in [1.29, 1.82) is 0 Å². The molecule has 0 radical (unpaired) electrons. The summed E-state index contributed by atoms with van der Waals surface area (Å²) in [5.74, 6) is -0.497. The first kappa shape index (κ1) is 17.1. The van der Waals surface area contributed by atoms with Crippen molar-refractivity contribution in [2.45, 2.75) is 13.8 Å². The van der Waals surface area contributed by atoms with Gasteiger partial charge in [0.15, 0.2) is 5.78 Å². The molecule has 2 N–H and O–H groups in total. The third kappa shape index (κ3) is 4.16. The number of non-ortho nitro benzene ring substituents is 1. The smallest absolute Gasteiger partial charge is 0.271 e. The molecule has 24 heavy (non-hydrogen) atoms. The average molecular weight is 327 g/mol. The standard InChI is InChI=1S/C17H17N3O4/c1-11-7-8-13(20(23)24)9-16(11)18-10-17(22)19-15-6-4-3-5-14(15)12(2)21/h3-9,18H,10H2,1-2H3,(H,19,22). The van der Waals surface area contributed by atoms with Crippen molar-refractivity contribution in [2.75, 3.05) is 17.2 Å². The van der Waals surface area contributed by atoms with E-state index in [-0.39, 0.29) is 23.9 Å². The van der Waals surface area contributed by atoms with Crippen molar-refractivity contribution >= 4 is 28.8 Å². The predicted molar refractivity (Wildman–Crippen MR) is 91.4 cm³/mol. The maximum atomic E-state index is 12.1. The fourth-order valence-electron chi connectivity index (χ4n) is 2.18. The highest BCUT2D eigenvalue weighted by Gasteiger charge is 2.12.